The van der Waals surface area contributed by atoms with Gasteiger partial charge in [-0.25, -0.2) is 0 Å². The molecule has 1 fully saturated rings. The van der Waals surface area contributed by atoms with E-state index in [9.17, 15) is 9.90 Å². The van der Waals surface area contributed by atoms with Crippen LogP contribution in [0.15, 0.2) is 23.4 Å². The molecule has 1 unspecified atom stereocenters. The van der Waals surface area contributed by atoms with E-state index in [1.807, 2.05) is 0 Å². The summed E-state index contributed by atoms with van der Waals surface area (Å²) < 4.78 is 0. The lowest BCUT2D eigenvalue weighted by Crippen LogP contribution is -2.44. The highest BCUT2D eigenvalue weighted by Gasteiger charge is 2.27. The van der Waals surface area contributed by atoms with Crippen LogP contribution in [-0.2, 0) is 0 Å². The quantitative estimate of drug-likeness (QED) is 0.328. The smallest absolute Gasteiger partial charge is 0.254 e. The fraction of sp³-hybridized carbons (Fsp3) is 0.429. The minimum atomic E-state index is -0.102. The third-order valence-corrected chi connectivity index (χ3v) is 3.68. The number of nitrogens with zero attached hydrogens (tertiary/aromatic N) is 2. The number of phenolic OH excluding ortho intramolecular Hbond substituents is 1. The van der Waals surface area contributed by atoms with Crippen LogP contribution in [0.2, 0.25) is 0 Å². The molecule has 6 heteroatoms. The van der Waals surface area contributed by atoms with Gasteiger partial charge in [-0.1, -0.05) is 5.16 Å². The van der Waals surface area contributed by atoms with Crippen LogP contribution in [0.3, 0.4) is 0 Å². The fourth-order valence-electron chi connectivity index (χ4n) is 2.54. The molecule has 6 nitrogen and oxygen atoms in total. The number of piperidine rings is 1. The lowest BCUT2D eigenvalue weighted by molar-refractivity contribution is 0.0700. The number of amides is 1. The third-order valence-electron chi connectivity index (χ3n) is 3.68. The summed E-state index contributed by atoms with van der Waals surface area (Å²) in [5, 5.41) is 21.2. The van der Waals surface area contributed by atoms with E-state index in [0.717, 1.165) is 18.4 Å². The van der Waals surface area contributed by atoms with Crippen molar-refractivity contribution in [2.45, 2.75) is 19.8 Å². The van der Waals surface area contributed by atoms with Gasteiger partial charge < -0.3 is 20.9 Å². The average molecular weight is 277 g/mol. The second kappa shape index (κ2) is 5.81. The van der Waals surface area contributed by atoms with Crippen LogP contribution in [-0.4, -0.2) is 40.0 Å². The molecule has 1 aromatic carbocycles. The SMILES string of the molecule is Cc1cc(O)ccc1C(=O)N1CCCC(/C(N)=N/O)C1. The molecule has 1 aliphatic rings. The summed E-state index contributed by atoms with van der Waals surface area (Å²) in [6.45, 7) is 2.90. The van der Waals surface area contributed by atoms with Gasteiger partial charge in [0.2, 0.25) is 0 Å². The number of carbonyl (C=O) groups excluding carboxylic acids is 1. The van der Waals surface area contributed by atoms with E-state index in [4.69, 9.17) is 10.9 Å². The molecule has 108 valence electrons. The van der Waals surface area contributed by atoms with Crippen molar-refractivity contribution in [3.05, 3.63) is 29.3 Å². The maximum atomic E-state index is 12.5. The van der Waals surface area contributed by atoms with Crippen LogP contribution in [0.25, 0.3) is 0 Å². The lowest BCUT2D eigenvalue weighted by atomic mass is 9.96. The van der Waals surface area contributed by atoms with Crippen molar-refractivity contribution < 1.29 is 15.1 Å². The average Bonchev–Trinajstić information content (AvgIpc) is 2.46. The van der Waals surface area contributed by atoms with Gasteiger partial charge in [0.15, 0.2) is 0 Å². The maximum absolute atomic E-state index is 12.5. The van der Waals surface area contributed by atoms with Gasteiger partial charge in [0.05, 0.1) is 0 Å². The molecule has 0 spiro atoms. The van der Waals surface area contributed by atoms with E-state index in [-0.39, 0.29) is 23.4 Å². The number of hydrogen-bond donors (Lipinski definition) is 3. The number of aromatic hydroxyl groups is 1. The lowest BCUT2D eigenvalue weighted by Gasteiger charge is -2.32. The van der Waals surface area contributed by atoms with Crippen molar-refractivity contribution >= 4 is 11.7 Å². The predicted octanol–water partition coefficient (Wildman–Crippen LogP) is 1.30. The van der Waals surface area contributed by atoms with E-state index in [0.29, 0.717) is 18.7 Å². The zero-order chi connectivity index (χ0) is 14.7. The monoisotopic (exact) mass is 277 g/mol. The molecule has 0 saturated carbocycles. The van der Waals surface area contributed by atoms with Gasteiger partial charge in [0, 0.05) is 24.6 Å². The molecule has 2 rings (SSSR count). The Morgan fingerprint density at radius 2 is 2.25 bits per heavy atom. The topological polar surface area (TPSA) is 99.2 Å². The van der Waals surface area contributed by atoms with E-state index in [1.54, 1.807) is 24.0 Å². The summed E-state index contributed by atoms with van der Waals surface area (Å²) in [4.78, 5) is 14.2. The van der Waals surface area contributed by atoms with Gasteiger partial charge in [-0.3, -0.25) is 4.79 Å². The molecule has 0 bridgehead atoms. The highest BCUT2D eigenvalue weighted by atomic mass is 16.4. The molecular formula is C14H19N3O3. The maximum Gasteiger partial charge on any atom is 0.254 e. The van der Waals surface area contributed by atoms with Crippen molar-refractivity contribution in [1.29, 1.82) is 0 Å². The second-order valence-electron chi connectivity index (χ2n) is 5.11. The highest BCUT2D eigenvalue weighted by Crippen LogP contribution is 2.22. The van der Waals surface area contributed by atoms with Crippen LogP contribution in [0.1, 0.15) is 28.8 Å². The Morgan fingerprint density at radius 1 is 1.50 bits per heavy atom. The summed E-state index contributed by atoms with van der Waals surface area (Å²) in [5.74, 6) is 0.130. The van der Waals surface area contributed by atoms with Gasteiger partial charge in [-0.05, 0) is 43.5 Å². The number of carbonyl (C=O) groups is 1. The molecule has 1 amide bonds. The Morgan fingerprint density at radius 3 is 2.90 bits per heavy atom. The number of amidine groups is 1. The zero-order valence-corrected chi connectivity index (χ0v) is 11.4. The molecule has 1 saturated heterocycles. The van der Waals surface area contributed by atoms with E-state index >= 15 is 0 Å². The van der Waals surface area contributed by atoms with Crippen LogP contribution >= 0.6 is 0 Å². The Labute approximate surface area is 117 Å². The van der Waals surface area contributed by atoms with E-state index < -0.39 is 0 Å². The highest BCUT2D eigenvalue weighted by molar-refractivity contribution is 5.96. The molecule has 4 N–H and O–H groups in total. The van der Waals surface area contributed by atoms with Crippen LogP contribution in [0.5, 0.6) is 5.75 Å². The van der Waals surface area contributed by atoms with Gasteiger partial charge >= 0.3 is 0 Å². The summed E-state index contributed by atoms with van der Waals surface area (Å²) in [6.07, 6.45) is 1.64. The molecule has 20 heavy (non-hydrogen) atoms. The van der Waals surface area contributed by atoms with Crippen LogP contribution in [0.4, 0.5) is 0 Å². The molecule has 0 radical (unpaired) electrons. The molecule has 1 aromatic rings. The van der Waals surface area contributed by atoms with E-state index in [1.165, 1.54) is 6.07 Å². The third kappa shape index (κ3) is 2.84. The number of oxime groups is 1. The van der Waals surface area contributed by atoms with Crippen molar-refractivity contribution in [2.24, 2.45) is 16.8 Å². The Bertz CT molecular complexity index is 542. The summed E-state index contributed by atoms with van der Waals surface area (Å²) in [6, 6.07) is 4.70. The Kier molecular flexibility index (Phi) is 4.12. The van der Waals surface area contributed by atoms with Crippen molar-refractivity contribution in [2.75, 3.05) is 13.1 Å². The standard InChI is InChI=1S/C14H19N3O3/c1-9-7-11(18)4-5-12(9)14(19)17-6-2-3-10(8-17)13(15)16-20/h4-5,7,10,18,20H,2-3,6,8H2,1H3,(H2,15,16). The number of hydrogen-bond acceptors (Lipinski definition) is 4. The minimum Gasteiger partial charge on any atom is -0.508 e. The number of aryl methyl sites for hydroxylation is 1. The van der Waals surface area contributed by atoms with Crippen molar-refractivity contribution in [3.63, 3.8) is 0 Å². The molecule has 0 aromatic heterocycles. The molecule has 1 heterocycles. The van der Waals surface area contributed by atoms with Crippen LogP contribution in [0, 0.1) is 12.8 Å². The molecule has 1 atom stereocenters. The number of phenols is 1. The summed E-state index contributed by atoms with van der Waals surface area (Å²) in [5.41, 5.74) is 6.94. The van der Waals surface area contributed by atoms with Gasteiger partial charge in [0.1, 0.15) is 11.6 Å². The van der Waals surface area contributed by atoms with Gasteiger partial charge in [-0.2, -0.15) is 0 Å². The van der Waals surface area contributed by atoms with Gasteiger partial charge in [-0.15, -0.1) is 0 Å². The Hall–Kier alpha value is -2.24. The van der Waals surface area contributed by atoms with Crippen LogP contribution < -0.4 is 5.73 Å². The number of likely N-dealkylation sites (tertiary alicyclic amines) is 1. The first-order chi connectivity index (χ1) is 9.52. The van der Waals surface area contributed by atoms with Crippen molar-refractivity contribution in [1.82, 2.24) is 4.90 Å². The number of benzene rings is 1. The predicted molar refractivity (Wildman–Crippen MR) is 74.9 cm³/mol. The Balaban J connectivity index is 2.16. The molecular weight excluding hydrogens is 258 g/mol. The second-order valence-corrected chi connectivity index (χ2v) is 5.11. The number of rotatable bonds is 2. The summed E-state index contributed by atoms with van der Waals surface area (Å²) in [7, 11) is 0. The largest absolute Gasteiger partial charge is 0.508 e. The normalized spacial score (nSPS) is 19.9. The first-order valence-corrected chi connectivity index (χ1v) is 6.59. The first-order valence-electron chi connectivity index (χ1n) is 6.59. The molecule has 0 aliphatic carbocycles. The van der Waals surface area contributed by atoms with Crippen molar-refractivity contribution in [3.8, 4) is 5.75 Å². The van der Waals surface area contributed by atoms with E-state index in [2.05, 4.69) is 5.16 Å². The summed E-state index contributed by atoms with van der Waals surface area (Å²) >= 11 is 0. The number of nitrogens with two attached hydrogens (primary N) is 1. The minimum absolute atomic E-state index is 0.0852. The fourth-order valence-corrected chi connectivity index (χ4v) is 2.54. The zero-order valence-electron chi connectivity index (χ0n) is 11.4. The van der Waals surface area contributed by atoms with Gasteiger partial charge in [0.25, 0.3) is 5.91 Å². The first kappa shape index (κ1) is 14.2. The molecule has 1 aliphatic heterocycles.